The quantitative estimate of drug-likeness (QED) is 0.316. The first kappa shape index (κ1) is 25.6. The van der Waals surface area contributed by atoms with Crippen LogP contribution < -0.4 is 10.2 Å². The molecule has 1 N–H and O–H groups in total. The highest BCUT2D eigenvalue weighted by atomic mass is 35.5. The zero-order valence-electron chi connectivity index (χ0n) is 21.5. The molecule has 2 amide bonds. The third kappa shape index (κ3) is 5.30. The summed E-state index contributed by atoms with van der Waals surface area (Å²) in [7, 11) is 5.66. The van der Waals surface area contributed by atoms with Crippen molar-refractivity contribution in [3.63, 3.8) is 0 Å². The van der Waals surface area contributed by atoms with Gasteiger partial charge in [0.05, 0.1) is 16.9 Å². The molecule has 7 nitrogen and oxygen atoms in total. The third-order valence-electron chi connectivity index (χ3n) is 6.66. The molecule has 4 aromatic rings. The number of aromatic nitrogens is 1. The van der Waals surface area contributed by atoms with Gasteiger partial charge in [0.2, 0.25) is 11.8 Å². The van der Waals surface area contributed by atoms with Crippen LogP contribution in [0.2, 0.25) is 5.02 Å². The van der Waals surface area contributed by atoms with Crippen molar-refractivity contribution in [3.05, 3.63) is 95.1 Å². The second kappa shape index (κ2) is 10.7. The van der Waals surface area contributed by atoms with Gasteiger partial charge in [-0.2, -0.15) is 0 Å². The minimum atomic E-state index is -0.613. The van der Waals surface area contributed by atoms with Gasteiger partial charge in [0, 0.05) is 48.0 Å². The van der Waals surface area contributed by atoms with E-state index in [4.69, 9.17) is 16.6 Å². The number of hydrogen-bond donors (Lipinski definition) is 1. The maximum atomic E-state index is 13.2. The van der Waals surface area contributed by atoms with E-state index in [1.54, 1.807) is 30.3 Å². The lowest BCUT2D eigenvalue weighted by Gasteiger charge is -2.19. The van der Waals surface area contributed by atoms with Crippen molar-refractivity contribution in [2.45, 2.75) is 12.3 Å². The molecule has 1 aliphatic heterocycles. The lowest BCUT2D eigenvalue weighted by molar-refractivity contribution is -0.118. The standard InChI is InChI=1S/C30H28ClN5O2/c1-35(2)16-14-27(37)36(3)23-11-9-22(10-12-23)33-29(20-7-6-19-5-4-15-32-25(19)17-20)28-24-13-8-21(31)18-26(24)34-30(28)38/h4-13,15,17-18,28H,14,16H2,1-3H3,(H,34,38). The predicted octanol–water partition coefficient (Wildman–Crippen LogP) is 5.66. The van der Waals surface area contributed by atoms with E-state index in [0.29, 0.717) is 35.1 Å². The number of aliphatic imine (C=N–C) groups is 1. The fourth-order valence-corrected chi connectivity index (χ4v) is 4.72. The summed E-state index contributed by atoms with van der Waals surface area (Å²) < 4.78 is 0. The van der Waals surface area contributed by atoms with Gasteiger partial charge in [-0.05, 0) is 73.8 Å². The molecule has 0 saturated heterocycles. The molecule has 38 heavy (non-hydrogen) atoms. The summed E-state index contributed by atoms with van der Waals surface area (Å²) in [5.41, 5.74) is 5.20. The summed E-state index contributed by atoms with van der Waals surface area (Å²) in [5, 5.41) is 4.51. The minimum Gasteiger partial charge on any atom is -0.325 e. The fraction of sp³-hybridized carbons (Fsp3) is 0.200. The van der Waals surface area contributed by atoms with Crippen LogP contribution in [0.25, 0.3) is 10.9 Å². The van der Waals surface area contributed by atoms with Crippen LogP contribution in [-0.2, 0) is 9.59 Å². The van der Waals surface area contributed by atoms with E-state index in [1.807, 2.05) is 79.7 Å². The number of carbonyl (C=O) groups is 2. The van der Waals surface area contributed by atoms with Crippen molar-refractivity contribution in [1.29, 1.82) is 0 Å². The Morgan fingerprint density at radius 1 is 1.03 bits per heavy atom. The SMILES string of the molecule is CN(C)CCC(=O)N(C)c1ccc(N=C(c2ccc3cccnc3c2)C2C(=O)Nc3cc(Cl)ccc32)cc1. The van der Waals surface area contributed by atoms with Crippen LogP contribution in [-0.4, -0.2) is 55.1 Å². The Bertz CT molecular complexity index is 1550. The first-order valence-corrected chi connectivity index (χ1v) is 12.7. The molecule has 1 unspecified atom stereocenters. The monoisotopic (exact) mass is 525 g/mol. The molecule has 0 spiro atoms. The number of nitrogens with zero attached hydrogens (tertiary/aromatic N) is 4. The first-order chi connectivity index (χ1) is 18.3. The lowest BCUT2D eigenvalue weighted by Crippen LogP contribution is -2.29. The number of amides is 2. The summed E-state index contributed by atoms with van der Waals surface area (Å²) in [5.74, 6) is -0.736. The average molecular weight is 526 g/mol. The highest BCUT2D eigenvalue weighted by Crippen LogP contribution is 2.38. The van der Waals surface area contributed by atoms with E-state index in [-0.39, 0.29) is 11.8 Å². The van der Waals surface area contributed by atoms with Crippen molar-refractivity contribution in [2.75, 3.05) is 37.9 Å². The van der Waals surface area contributed by atoms with Gasteiger partial charge in [-0.25, -0.2) is 0 Å². The van der Waals surface area contributed by atoms with Crippen molar-refractivity contribution < 1.29 is 9.59 Å². The Hall–Kier alpha value is -4.07. The molecule has 5 rings (SSSR count). The molecule has 8 heteroatoms. The molecule has 0 radical (unpaired) electrons. The summed E-state index contributed by atoms with van der Waals surface area (Å²) in [4.78, 5) is 38.9. The number of rotatable bonds is 7. The molecule has 0 bridgehead atoms. The Balaban J connectivity index is 1.54. The zero-order chi connectivity index (χ0) is 26.8. The highest BCUT2D eigenvalue weighted by Gasteiger charge is 2.35. The van der Waals surface area contributed by atoms with Crippen LogP contribution in [0.1, 0.15) is 23.5 Å². The fourth-order valence-electron chi connectivity index (χ4n) is 4.55. The molecule has 3 aromatic carbocycles. The number of hydrogen-bond acceptors (Lipinski definition) is 5. The molecule has 2 heterocycles. The molecule has 1 aliphatic rings. The normalized spacial score (nSPS) is 15.0. The van der Waals surface area contributed by atoms with Gasteiger partial charge in [0.15, 0.2) is 0 Å². The predicted molar refractivity (Wildman–Crippen MR) is 154 cm³/mol. The lowest BCUT2D eigenvalue weighted by atomic mass is 9.90. The number of nitrogens with one attached hydrogen (secondary N) is 1. The van der Waals surface area contributed by atoms with E-state index in [9.17, 15) is 9.59 Å². The van der Waals surface area contributed by atoms with Crippen molar-refractivity contribution in [1.82, 2.24) is 9.88 Å². The van der Waals surface area contributed by atoms with Crippen molar-refractivity contribution in [2.24, 2.45) is 4.99 Å². The Morgan fingerprint density at radius 2 is 1.82 bits per heavy atom. The van der Waals surface area contributed by atoms with Crippen LogP contribution in [0.4, 0.5) is 17.1 Å². The van der Waals surface area contributed by atoms with Crippen LogP contribution in [0.5, 0.6) is 0 Å². The van der Waals surface area contributed by atoms with Gasteiger partial charge in [0.1, 0.15) is 5.92 Å². The highest BCUT2D eigenvalue weighted by molar-refractivity contribution is 6.31. The Kier molecular flexibility index (Phi) is 7.22. The second-order valence-electron chi connectivity index (χ2n) is 9.58. The van der Waals surface area contributed by atoms with E-state index < -0.39 is 5.92 Å². The van der Waals surface area contributed by atoms with E-state index in [2.05, 4.69) is 10.3 Å². The van der Waals surface area contributed by atoms with Gasteiger partial charge < -0.3 is 15.1 Å². The summed E-state index contributed by atoms with van der Waals surface area (Å²) in [6, 6.07) is 22.7. The van der Waals surface area contributed by atoms with Crippen LogP contribution in [0.3, 0.4) is 0 Å². The average Bonchev–Trinajstić information content (AvgIpc) is 3.24. The minimum absolute atomic E-state index is 0.0391. The number of halogens is 1. The molecular weight excluding hydrogens is 498 g/mol. The summed E-state index contributed by atoms with van der Waals surface area (Å²) in [6.45, 7) is 0.686. The number of anilines is 2. The van der Waals surface area contributed by atoms with Crippen LogP contribution in [0, 0.1) is 0 Å². The molecule has 0 saturated carbocycles. The largest absolute Gasteiger partial charge is 0.325 e. The Labute approximate surface area is 226 Å². The zero-order valence-corrected chi connectivity index (χ0v) is 22.2. The maximum absolute atomic E-state index is 13.2. The van der Waals surface area contributed by atoms with Gasteiger partial charge in [0.25, 0.3) is 0 Å². The van der Waals surface area contributed by atoms with Crippen LogP contribution >= 0.6 is 11.6 Å². The van der Waals surface area contributed by atoms with Crippen molar-refractivity contribution in [3.8, 4) is 0 Å². The molecule has 1 aromatic heterocycles. The third-order valence-corrected chi connectivity index (χ3v) is 6.89. The van der Waals surface area contributed by atoms with Gasteiger partial charge in [-0.3, -0.25) is 19.6 Å². The van der Waals surface area contributed by atoms with E-state index >= 15 is 0 Å². The van der Waals surface area contributed by atoms with Crippen molar-refractivity contribution >= 4 is 57.1 Å². The number of benzene rings is 3. The molecule has 192 valence electrons. The molecule has 0 fully saturated rings. The van der Waals surface area contributed by atoms with Gasteiger partial charge in [-0.1, -0.05) is 35.9 Å². The maximum Gasteiger partial charge on any atom is 0.238 e. The van der Waals surface area contributed by atoms with E-state index in [1.165, 1.54) is 0 Å². The number of carbonyl (C=O) groups excluding carboxylic acids is 2. The molecule has 1 atom stereocenters. The smallest absolute Gasteiger partial charge is 0.238 e. The Morgan fingerprint density at radius 3 is 2.58 bits per heavy atom. The van der Waals surface area contributed by atoms with Crippen LogP contribution in [0.15, 0.2) is 84.0 Å². The first-order valence-electron chi connectivity index (χ1n) is 12.4. The molecule has 0 aliphatic carbocycles. The number of pyridine rings is 1. The number of fused-ring (bicyclic) bond motifs is 2. The van der Waals surface area contributed by atoms with Gasteiger partial charge in [-0.15, -0.1) is 0 Å². The van der Waals surface area contributed by atoms with Gasteiger partial charge >= 0.3 is 0 Å². The topological polar surface area (TPSA) is 77.9 Å². The van der Waals surface area contributed by atoms with E-state index in [0.717, 1.165) is 27.7 Å². The second-order valence-corrected chi connectivity index (χ2v) is 10.0. The molecular formula is C30H28ClN5O2. The summed E-state index contributed by atoms with van der Waals surface area (Å²) >= 11 is 6.19. The summed E-state index contributed by atoms with van der Waals surface area (Å²) in [6.07, 6.45) is 2.18.